The molecule has 1 aliphatic rings. The maximum atomic E-state index is 12.9. The van der Waals surface area contributed by atoms with E-state index in [1.54, 1.807) is 17.0 Å². The monoisotopic (exact) mass is 285 g/mol. The van der Waals surface area contributed by atoms with Crippen LogP contribution in [0.3, 0.4) is 0 Å². The summed E-state index contributed by atoms with van der Waals surface area (Å²) < 4.78 is 18.2. The van der Waals surface area contributed by atoms with E-state index in [2.05, 4.69) is 0 Å². The first-order valence-corrected chi connectivity index (χ1v) is 6.97. The first-order valence-electron chi connectivity index (χ1n) is 6.97. The topological polar surface area (TPSA) is 29.5 Å². The van der Waals surface area contributed by atoms with Gasteiger partial charge in [0, 0.05) is 18.7 Å². The van der Waals surface area contributed by atoms with Crippen LogP contribution in [0.1, 0.15) is 10.4 Å². The number of halogens is 1. The Morgan fingerprint density at radius 1 is 0.905 bits per heavy atom. The number of hydrogen-bond acceptors (Lipinski definition) is 2. The van der Waals surface area contributed by atoms with Crippen LogP contribution in [0, 0.1) is 5.82 Å². The van der Waals surface area contributed by atoms with Crippen molar-refractivity contribution in [2.75, 3.05) is 26.3 Å². The third kappa shape index (κ3) is 3.11. The average Bonchev–Trinajstić information content (AvgIpc) is 2.56. The second-order valence-corrected chi connectivity index (χ2v) is 4.99. The third-order valence-corrected chi connectivity index (χ3v) is 3.61. The van der Waals surface area contributed by atoms with Crippen LogP contribution >= 0.6 is 0 Å². The summed E-state index contributed by atoms with van der Waals surface area (Å²) in [5.74, 6) is -0.221. The molecule has 1 heterocycles. The number of morpholine rings is 1. The van der Waals surface area contributed by atoms with Crippen LogP contribution in [0.5, 0.6) is 0 Å². The Hall–Kier alpha value is -2.20. The van der Waals surface area contributed by atoms with Crippen molar-refractivity contribution in [2.45, 2.75) is 0 Å². The molecule has 4 heteroatoms. The molecule has 0 bridgehead atoms. The van der Waals surface area contributed by atoms with Crippen molar-refractivity contribution >= 4 is 5.91 Å². The smallest absolute Gasteiger partial charge is 0.254 e. The summed E-state index contributed by atoms with van der Waals surface area (Å²) >= 11 is 0. The zero-order chi connectivity index (χ0) is 14.7. The number of carbonyl (C=O) groups excluding carboxylic acids is 1. The maximum absolute atomic E-state index is 12.9. The highest BCUT2D eigenvalue weighted by molar-refractivity contribution is 5.94. The first-order chi connectivity index (χ1) is 10.2. The molecule has 1 fully saturated rings. The number of rotatable bonds is 2. The molecule has 0 unspecified atom stereocenters. The van der Waals surface area contributed by atoms with Crippen LogP contribution in [0.15, 0.2) is 48.5 Å². The summed E-state index contributed by atoms with van der Waals surface area (Å²) in [6.07, 6.45) is 0. The Bertz CT molecular complexity index is 616. The van der Waals surface area contributed by atoms with Crippen molar-refractivity contribution in [1.82, 2.24) is 4.90 Å². The van der Waals surface area contributed by atoms with E-state index in [0.717, 1.165) is 11.1 Å². The summed E-state index contributed by atoms with van der Waals surface area (Å²) in [4.78, 5) is 14.1. The fraction of sp³-hybridized carbons (Fsp3) is 0.235. The average molecular weight is 285 g/mol. The minimum absolute atomic E-state index is 0.0314. The molecule has 0 radical (unpaired) electrons. The van der Waals surface area contributed by atoms with E-state index in [-0.39, 0.29) is 11.7 Å². The summed E-state index contributed by atoms with van der Waals surface area (Å²) in [7, 11) is 0. The highest BCUT2D eigenvalue weighted by atomic mass is 19.1. The molecule has 3 nitrogen and oxygen atoms in total. The minimum Gasteiger partial charge on any atom is -0.378 e. The van der Waals surface area contributed by atoms with Gasteiger partial charge in [0.05, 0.1) is 13.2 Å². The van der Waals surface area contributed by atoms with Crippen molar-refractivity contribution in [3.8, 4) is 11.1 Å². The Morgan fingerprint density at radius 3 is 2.00 bits per heavy atom. The highest BCUT2D eigenvalue weighted by Crippen LogP contribution is 2.20. The van der Waals surface area contributed by atoms with E-state index in [1.165, 1.54) is 12.1 Å². The largest absolute Gasteiger partial charge is 0.378 e. The lowest BCUT2D eigenvalue weighted by Crippen LogP contribution is -2.40. The summed E-state index contributed by atoms with van der Waals surface area (Å²) in [6, 6.07) is 13.7. The molecule has 0 aliphatic carbocycles. The highest BCUT2D eigenvalue weighted by Gasteiger charge is 2.18. The lowest BCUT2D eigenvalue weighted by atomic mass is 10.0. The molecule has 1 saturated heterocycles. The van der Waals surface area contributed by atoms with Gasteiger partial charge in [0.25, 0.3) is 5.91 Å². The molecule has 2 aromatic rings. The standard InChI is InChI=1S/C17H16FNO2/c18-16-7-5-14(6-8-16)13-1-3-15(4-2-13)17(20)19-9-11-21-12-10-19/h1-8H,9-12H2. The van der Waals surface area contributed by atoms with Crippen LogP contribution in [0.2, 0.25) is 0 Å². The van der Waals surface area contributed by atoms with Crippen LogP contribution in [-0.4, -0.2) is 37.1 Å². The maximum Gasteiger partial charge on any atom is 0.254 e. The van der Waals surface area contributed by atoms with E-state index in [4.69, 9.17) is 4.74 Å². The first kappa shape index (κ1) is 13.8. The second kappa shape index (κ2) is 6.06. The van der Waals surface area contributed by atoms with Crippen molar-refractivity contribution in [1.29, 1.82) is 0 Å². The van der Waals surface area contributed by atoms with Crippen LogP contribution in [0.25, 0.3) is 11.1 Å². The lowest BCUT2D eigenvalue weighted by Gasteiger charge is -2.26. The SMILES string of the molecule is O=C(c1ccc(-c2ccc(F)cc2)cc1)N1CCOCC1. The number of amides is 1. The summed E-state index contributed by atoms with van der Waals surface area (Å²) in [5.41, 5.74) is 2.57. The van der Waals surface area contributed by atoms with Gasteiger partial charge < -0.3 is 9.64 Å². The van der Waals surface area contributed by atoms with Gasteiger partial charge in [-0.15, -0.1) is 0 Å². The van der Waals surface area contributed by atoms with E-state index in [1.807, 2.05) is 24.3 Å². The van der Waals surface area contributed by atoms with Crippen molar-refractivity contribution < 1.29 is 13.9 Å². The quantitative estimate of drug-likeness (QED) is 0.849. The van der Waals surface area contributed by atoms with Gasteiger partial charge in [0.1, 0.15) is 5.82 Å². The molecule has 0 aromatic heterocycles. The van der Waals surface area contributed by atoms with E-state index in [9.17, 15) is 9.18 Å². The number of benzene rings is 2. The molecule has 3 rings (SSSR count). The van der Waals surface area contributed by atoms with Crippen LogP contribution in [0.4, 0.5) is 4.39 Å². The zero-order valence-corrected chi connectivity index (χ0v) is 11.6. The molecule has 21 heavy (non-hydrogen) atoms. The van der Waals surface area contributed by atoms with Gasteiger partial charge in [-0.1, -0.05) is 24.3 Å². The van der Waals surface area contributed by atoms with Gasteiger partial charge in [0.15, 0.2) is 0 Å². The predicted molar refractivity (Wildman–Crippen MR) is 78.6 cm³/mol. The molecular weight excluding hydrogens is 269 g/mol. The lowest BCUT2D eigenvalue weighted by molar-refractivity contribution is 0.0303. The Morgan fingerprint density at radius 2 is 1.43 bits per heavy atom. The number of ether oxygens (including phenoxy) is 1. The number of hydrogen-bond donors (Lipinski definition) is 0. The van der Waals surface area contributed by atoms with Gasteiger partial charge in [-0.25, -0.2) is 4.39 Å². The molecule has 0 N–H and O–H groups in total. The van der Waals surface area contributed by atoms with E-state index in [0.29, 0.717) is 31.9 Å². The van der Waals surface area contributed by atoms with E-state index < -0.39 is 0 Å². The summed E-state index contributed by atoms with van der Waals surface area (Å²) in [6.45, 7) is 2.47. The molecule has 0 atom stereocenters. The normalized spacial score (nSPS) is 15.0. The molecule has 2 aromatic carbocycles. The predicted octanol–water partition coefficient (Wildman–Crippen LogP) is 2.97. The minimum atomic E-state index is -0.252. The van der Waals surface area contributed by atoms with Crippen LogP contribution < -0.4 is 0 Å². The van der Waals surface area contributed by atoms with Gasteiger partial charge in [0.2, 0.25) is 0 Å². The van der Waals surface area contributed by atoms with Crippen molar-refractivity contribution in [3.63, 3.8) is 0 Å². The number of nitrogens with zero attached hydrogens (tertiary/aromatic N) is 1. The Kier molecular flexibility index (Phi) is 3.97. The van der Waals surface area contributed by atoms with Gasteiger partial charge in [-0.05, 0) is 35.4 Å². The number of carbonyl (C=O) groups is 1. The summed E-state index contributed by atoms with van der Waals surface area (Å²) in [5, 5.41) is 0. The molecular formula is C17H16FNO2. The van der Waals surface area contributed by atoms with Gasteiger partial charge >= 0.3 is 0 Å². The zero-order valence-electron chi connectivity index (χ0n) is 11.6. The molecule has 108 valence electrons. The van der Waals surface area contributed by atoms with Gasteiger partial charge in [-0.3, -0.25) is 4.79 Å². The fourth-order valence-electron chi connectivity index (χ4n) is 2.40. The Balaban J connectivity index is 1.77. The van der Waals surface area contributed by atoms with E-state index >= 15 is 0 Å². The van der Waals surface area contributed by atoms with Crippen molar-refractivity contribution in [3.05, 3.63) is 59.9 Å². The fourth-order valence-corrected chi connectivity index (χ4v) is 2.40. The molecule has 0 saturated carbocycles. The molecule has 0 spiro atoms. The molecule has 1 amide bonds. The van der Waals surface area contributed by atoms with Crippen LogP contribution in [-0.2, 0) is 4.74 Å². The molecule has 1 aliphatic heterocycles. The van der Waals surface area contributed by atoms with Gasteiger partial charge in [-0.2, -0.15) is 0 Å². The third-order valence-electron chi connectivity index (χ3n) is 3.61. The second-order valence-electron chi connectivity index (χ2n) is 4.99. The Labute approximate surface area is 123 Å². The van der Waals surface area contributed by atoms with Crippen molar-refractivity contribution in [2.24, 2.45) is 0 Å².